The molecule has 1 aliphatic heterocycles. The Morgan fingerprint density at radius 3 is 2.76 bits per heavy atom. The fourth-order valence-corrected chi connectivity index (χ4v) is 3.26. The van der Waals surface area contributed by atoms with E-state index in [-0.39, 0.29) is 17.4 Å². The second-order valence-corrected chi connectivity index (χ2v) is 6.42. The van der Waals surface area contributed by atoms with Crippen molar-refractivity contribution in [1.82, 2.24) is 14.9 Å². The van der Waals surface area contributed by atoms with Gasteiger partial charge < -0.3 is 10.0 Å². The third-order valence-electron chi connectivity index (χ3n) is 4.55. The Bertz CT molecular complexity index is 819. The van der Waals surface area contributed by atoms with E-state index in [1.165, 1.54) is 0 Å². The van der Waals surface area contributed by atoms with Gasteiger partial charge in [0.25, 0.3) is 0 Å². The third kappa shape index (κ3) is 3.84. The predicted octanol–water partition coefficient (Wildman–Crippen LogP) is 2.88. The summed E-state index contributed by atoms with van der Waals surface area (Å²) in [7, 11) is 0. The van der Waals surface area contributed by atoms with Crippen LogP contribution in [0.4, 0.5) is 0 Å². The number of benzene rings is 1. The topological polar surface area (TPSA) is 83.4 Å². The minimum absolute atomic E-state index is 0.0878. The Balaban J connectivity index is 1.94. The molecule has 6 heteroatoms. The molecule has 2 aromatic rings. The quantitative estimate of drug-likeness (QED) is 0.929. The van der Waals surface area contributed by atoms with Crippen molar-refractivity contribution >= 4 is 11.9 Å². The van der Waals surface area contributed by atoms with E-state index < -0.39 is 5.97 Å². The number of carbonyl (C=O) groups is 2. The molecular formula is C19H21N3O3. The number of nitrogens with zero attached hydrogens (tertiary/aromatic N) is 3. The molecule has 3 rings (SSSR count). The molecule has 1 aromatic carbocycles. The number of hydrogen-bond acceptors (Lipinski definition) is 4. The summed E-state index contributed by atoms with van der Waals surface area (Å²) in [5, 5.41) is 9.18. The molecule has 130 valence electrons. The Labute approximate surface area is 146 Å². The first-order chi connectivity index (χ1) is 11.9. The summed E-state index contributed by atoms with van der Waals surface area (Å²) in [5.41, 5.74) is 2.61. The van der Waals surface area contributed by atoms with E-state index >= 15 is 0 Å². The highest BCUT2D eigenvalue weighted by molar-refractivity contribution is 5.89. The number of likely N-dealkylation sites (tertiary alicyclic amines) is 1. The Morgan fingerprint density at radius 1 is 1.24 bits per heavy atom. The van der Waals surface area contributed by atoms with Crippen molar-refractivity contribution in [3.05, 3.63) is 47.4 Å². The van der Waals surface area contributed by atoms with Gasteiger partial charge in [-0.15, -0.1) is 0 Å². The molecule has 0 spiro atoms. The van der Waals surface area contributed by atoms with Gasteiger partial charge in [-0.3, -0.25) is 4.79 Å². The van der Waals surface area contributed by atoms with Crippen LogP contribution in [0.5, 0.6) is 0 Å². The number of amides is 1. The van der Waals surface area contributed by atoms with Gasteiger partial charge in [0.1, 0.15) is 5.82 Å². The van der Waals surface area contributed by atoms with Crippen LogP contribution in [0.3, 0.4) is 0 Å². The largest absolute Gasteiger partial charge is 0.478 e. The van der Waals surface area contributed by atoms with Crippen LogP contribution < -0.4 is 0 Å². The first-order valence-electron chi connectivity index (χ1n) is 8.39. The highest BCUT2D eigenvalue weighted by Gasteiger charge is 2.24. The lowest BCUT2D eigenvalue weighted by Gasteiger charge is -2.32. The van der Waals surface area contributed by atoms with Gasteiger partial charge in [-0.05, 0) is 38.0 Å². The average Bonchev–Trinajstić information content (AvgIpc) is 2.61. The van der Waals surface area contributed by atoms with Crippen LogP contribution in [-0.2, 0) is 4.79 Å². The van der Waals surface area contributed by atoms with Gasteiger partial charge in [-0.25, -0.2) is 14.8 Å². The molecule has 1 saturated heterocycles. The van der Waals surface area contributed by atoms with Gasteiger partial charge in [-0.2, -0.15) is 0 Å². The molecule has 0 radical (unpaired) electrons. The molecular weight excluding hydrogens is 318 g/mol. The third-order valence-corrected chi connectivity index (χ3v) is 4.55. The normalized spacial score (nSPS) is 17.4. The number of rotatable bonds is 3. The van der Waals surface area contributed by atoms with Gasteiger partial charge in [0.15, 0.2) is 0 Å². The first-order valence-corrected chi connectivity index (χ1v) is 8.39. The standard InChI is InChI=1S/C19H21N3O3/c1-12-20-17(14-5-3-6-15(9-14)19(24)25)10-18(21-12)16-7-4-8-22(11-16)13(2)23/h3,5-6,9-10,16H,4,7-8,11H2,1-2H3,(H,24,25)/t16-/m0/s1. The van der Waals surface area contributed by atoms with E-state index in [9.17, 15) is 14.7 Å². The summed E-state index contributed by atoms with van der Waals surface area (Å²) in [4.78, 5) is 33.8. The van der Waals surface area contributed by atoms with Gasteiger partial charge in [0.05, 0.1) is 11.3 Å². The maximum Gasteiger partial charge on any atom is 0.335 e. The zero-order chi connectivity index (χ0) is 18.0. The molecule has 0 bridgehead atoms. The van der Waals surface area contributed by atoms with Gasteiger partial charge in [0.2, 0.25) is 5.91 Å². The molecule has 0 saturated carbocycles. The van der Waals surface area contributed by atoms with Crippen molar-refractivity contribution in [2.24, 2.45) is 0 Å². The second-order valence-electron chi connectivity index (χ2n) is 6.42. The minimum Gasteiger partial charge on any atom is -0.478 e. The van der Waals surface area contributed by atoms with Crippen LogP contribution in [0.1, 0.15) is 47.6 Å². The Kier molecular flexibility index (Phi) is 4.79. The molecule has 25 heavy (non-hydrogen) atoms. The van der Waals surface area contributed by atoms with E-state index in [2.05, 4.69) is 9.97 Å². The molecule has 0 aliphatic carbocycles. The fourth-order valence-electron chi connectivity index (χ4n) is 3.26. The maximum absolute atomic E-state index is 11.7. The molecule has 1 aliphatic rings. The fraction of sp³-hybridized carbons (Fsp3) is 0.368. The number of aryl methyl sites for hydroxylation is 1. The molecule has 1 amide bonds. The van der Waals surface area contributed by atoms with Gasteiger partial charge >= 0.3 is 5.97 Å². The lowest BCUT2D eigenvalue weighted by molar-refractivity contribution is -0.130. The van der Waals surface area contributed by atoms with Crippen LogP contribution in [0.25, 0.3) is 11.3 Å². The second kappa shape index (κ2) is 7.01. The van der Waals surface area contributed by atoms with Crippen molar-refractivity contribution in [3.8, 4) is 11.3 Å². The van der Waals surface area contributed by atoms with E-state index in [0.29, 0.717) is 18.1 Å². The zero-order valence-corrected chi connectivity index (χ0v) is 14.4. The number of carbonyl (C=O) groups excluding carboxylic acids is 1. The Morgan fingerprint density at radius 2 is 2.04 bits per heavy atom. The van der Waals surface area contributed by atoms with Crippen LogP contribution in [-0.4, -0.2) is 44.9 Å². The molecule has 6 nitrogen and oxygen atoms in total. The summed E-state index contributed by atoms with van der Waals surface area (Å²) in [6.45, 7) is 4.89. The van der Waals surface area contributed by atoms with E-state index in [1.807, 2.05) is 24.0 Å². The van der Waals surface area contributed by atoms with Crippen molar-refractivity contribution in [3.63, 3.8) is 0 Å². The number of hydrogen-bond donors (Lipinski definition) is 1. The highest BCUT2D eigenvalue weighted by Crippen LogP contribution is 2.28. The number of aromatic carboxylic acids is 1. The molecule has 2 heterocycles. The number of carboxylic acid groups (broad SMARTS) is 1. The van der Waals surface area contributed by atoms with Crippen LogP contribution in [0.15, 0.2) is 30.3 Å². The van der Waals surface area contributed by atoms with Crippen molar-refractivity contribution in [2.75, 3.05) is 13.1 Å². The Hall–Kier alpha value is -2.76. The summed E-state index contributed by atoms with van der Waals surface area (Å²) in [6.07, 6.45) is 1.94. The smallest absolute Gasteiger partial charge is 0.335 e. The number of piperidine rings is 1. The predicted molar refractivity (Wildman–Crippen MR) is 93.4 cm³/mol. The molecule has 1 N–H and O–H groups in total. The highest BCUT2D eigenvalue weighted by atomic mass is 16.4. The molecule has 0 unspecified atom stereocenters. The lowest BCUT2D eigenvalue weighted by Crippen LogP contribution is -2.37. The van der Waals surface area contributed by atoms with Crippen LogP contribution in [0.2, 0.25) is 0 Å². The molecule has 1 atom stereocenters. The number of aromatic nitrogens is 2. The van der Waals surface area contributed by atoms with Gasteiger partial charge in [0, 0.05) is 37.2 Å². The first kappa shape index (κ1) is 17.1. The van der Waals surface area contributed by atoms with Crippen LogP contribution >= 0.6 is 0 Å². The van der Waals surface area contributed by atoms with E-state index in [0.717, 1.165) is 30.6 Å². The minimum atomic E-state index is -0.961. The SMILES string of the molecule is CC(=O)N1CCC[C@H](c2cc(-c3cccc(C(=O)O)c3)nc(C)n2)C1. The zero-order valence-electron chi connectivity index (χ0n) is 14.4. The maximum atomic E-state index is 11.7. The average molecular weight is 339 g/mol. The number of carboxylic acids is 1. The lowest BCUT2D eigenvalue weighted by atomic mass is 9.93. The van der Waals surface area contributed by atoms with Crippen LogP contribution in [0, 0.1) is 6.92 Å². The van der Waals surface area contributed by atoms with Crippen molar-refractivity contribution in [2.45, 2.75) is 32.6 Å². The molecule has 1 fully saturated rings. The van der Waals surface area contributed by atoms with Crippen molar-refractivity contribution in [1.29, 1.82) is 0 Å². The summed E-state index contributed by atoms with van der Waals surface area (Å²) in [5.74, 6) is -0.0453. The van der Waals surface area contributed by atoms with Gasteiger partial charge in [-0.1, -0.05) is 12.1 Å². The summed E-state index contributed by atoms with van der Waals surface area (Å²) in [6, 6.07) is 8.67. The monoisotopic (exact) mass is 339 g/mol. The van der Waals surface area contributed by atoms with Crippen molar-refractivity contribution < 1.29 is 14.7 Å². The summed E-state index contributed by atoms with van der Waals surface area (Å²) >= 11 is 0. The van der Waals surface area contributed by atoms with E-state index in [1.54, 1.807) is 25.1 Å². The summed E-state index contributed by atoms with van der Waals surface area (Å²) < 4.78 is 0. The van der Waals surface area contributed by atoms with E-state index in [4.69, 9.17) is 0 Å². The molecule has 1 aromatic heterocycles.